The Kier molecular flexibility index (Phi) is 10.8. The van der Waals surface area contributed by atoms with Gasteiger partial charge < -0.3 is 10.2 Å². The Morgan fingerprint density at radius 3 is 2.35 bits per heavy atom. The highest BCUT2D eigenvalue weighted by atomic mass is 35.5. The molecule has 0 spiro atoms. The first-order valence-corrected chi connectivity index (χ1v) is 12.4. The van der Waals surface area contributed by atoms with Crippen LogP contribution in [0.2, 0.25) is 20.1 Å². The molecule has 9 heteroatoms. The van der Waals surface area contributed by atoms with E-state index < -0.39 is 6.04 Å². The van der Waals surface area contributed by atoms with E-state index in [9.17, 15) is 9.59 Å². The summed E-state index contributed by atoms with van der Waals surface area (Å²) in [5.74, 6) is 0.256. The monoisotopic (exact) mass is 520 g/mol. The summed E-state index contributed by atoms with van der Waals surface area (Å²) in [7, 11) is 0. The molecule has 2 rings (SSSR count). The van der Waals surface area contributed by atoms with Gasteiger partial charge in [0.1, 0.15) is 6.04 Å². The molecular formula is C22H24Cl4N2O2S. The predicted octanol–water partition coefficient (Wildman–Crippen LogP) is 6.48. The number of hydrogen-bond donors (Lipinski definition) is 1. The van der Waals surface area contributed by atoms with Crippen LogP contribution in [0.15, 0.2) is 36.4 Å². The SMILES string of the molecule is CCCNC(=O)[C@@H](C)N(Cc1ccc(Cl)cc1Cl)C(=O)CSCc1c(Cl)cccc1Cl. The van der Waals surface area contributed by atoms with E-state index in [4.69, 9.17) is 46.4 Å². The lowest BCUT2D eigenvalue weighted by molar-refractivity contribution is -0.138. The lowest BCUT2D eigenvalue weighted by Gasteiger charge is -2.29. The summed E-state index contributed by atoms with van der Waals surface area (Å²) in [5, 5.41) is 4.92. The Morgan fingerprint density at radius 1 is 1.06 bits per heavy atom. The molecule has 0 aromatic heterocycles. The molecule has 2 aromatic carbocycles. The van der Waals surface area contributed by atoms with Gasteiger partial charge in [0.25, 0.3) is 0 Å². The number of benzene rings is 2. The lowest BCUT2D eigenvalue weighted by Crippen LogP contribution is -2.48. The number of nitrogens with zero attached hydrogens (tertiary/aromatic N) is 1. The number of carbonyl (C=O) groups is 2. The fourth-order valence-electron chi connectivity index (χ4n) is 2.81. The van der Waals surface area contributed by atoms with Crippen molar-refractivity contribution in [3.05, 3.63) is 67.6 Å². The van der Waals surface area contributed by atoms with Crippen molar-refractivity contribution in [2.45, 2.75) is 38.6 Å². The van der Waals surface area contributed by atoms with Crippen molar-refractivity contribution in [3.63, 3.8) is 0 Å². The molecular weight excluding hydrogens is 498 g/mol. The summed E-state index contributed by atoms with van der Waals surface area (Å²) in [6, 6.07) is 9.74. The molecule has 2 aromatic rings. The van der Waals surface area contributed by atoms with Gasteiger partial charge in [-0.05, 0) is 48.7 Å². The molecule has 0 saturated heterocycles. The third kappa shape index (κ3) is 7.76. The summed E-state index contributed by atoms with van der Waals surface area (Å²) >= 11 is 26.1. The Balaban J connectivity index is 2.14. The summed E-state index contributed by atoms with van der Waals surface area (Å²) in [6.07, 6.45) is 0.809. The van der Waals surface area contributed by atoms with E-state index in [2.05, 4.69) is 5.32 Å². The van der Waals surface area contributed by atoms with Crippen molar-refractivity contribution in [2.75, 3.05) is 12.3 Å². The van der Waals surface area contributed by atoms with Crippen LogP contribution in [0.4, 0.5) is 0 Å². The zero-order valence-electron chi connectivity index (χ0n) is 17.3. The Morgan fingerprint density at radius 2 is 1.74 bits per heavy atom. The van der Waals surface area contributed by atoms with Crippen LogP contribution < -0.4 is 5.32 Å². The van der Waals surface area contributed by atoms with Crippen molar-refractivity contribution in [1.29, 1.82) is 0 Å². The Labute approximate surface area is 207 Å². The summed E-state index contributed by atoms with van der Waals surface area (Å²) in [6.45, 7) is 4.43. The summed E-state index contributed by atoms with van der Waals surface area (Å²) in [4.78, 5) is 27.2. The highest BCUT2D eigenvalue weighted by molar-refractivity contribution is 7.99. The van der Waals surface area contributed by atoms with E-state index in [0.717, 1.165) is 12.0 Å². The molecule has 0 aliphatic heterocycles. The molecule has 0 aliphatic carbocycles. The second kappa shape index (κ2) is 12.8. The van der Waals surface area contributed by atoms with E-state index >= 15 is 0 Å². The van der Waals surface area contributed by atoms with Crippen LogP contribution >= 0.6 is 58.2 Å². The molecule has 0 radical (unpaired) electrons. The average molecular weight is 522 g/mol. The fraction of sp³-hybridized carbons (Fsp3) is 0.364. The quantitative estimate of drug-likeness (QED) is 0.389. The molecule has 168 valence electrons. The van der Waals surface area contributed by atoms with Crippen molar-refractivity contribution in [1.82, 2.24) is 10.2 Å². The van der Waals surface area contributed by atoms with Crippen LogP contribution in [-0.2, 0) is 21.9 Å². The average Bonchev–Trinajstić information content (AvgIpc) is 2.73. The smallest absolute Gasteiger partial charge is 0.242 e. The van der Waals surface area contributed by atoms with Gasteiger partial charge in [0.2, 0.25) is 11.8 Å². The van der Waals surface area contributed by atoms with Crippen LogP contribution in [0.3, 0.4) is 0 Å². The van der Waals surface area contributed by atoms with Crippen LogP contribution in [0.5, 0.6) is 0 Å². The van der Waals surface area contributed by atoms with Crippen molar-refractivity contribution < 1.29 is 9.59 Å². The Hall–Kier alpha value is -1.11. The molecule has 0 heterocycles. The number of hydrogen-bond acceptors (Lipinski definition) is 3. The zero-order valence-corrected chi connectivity index (χ0v) is 21.1. The van der Waals surface area contributed by atoms with E-state index in [0.29, 0.717) is 38.0 Å². The van der Waals surface area contributed by atoms with Crippen LogP contribution in [-0.4, -0.2) is 35.1 Å². The van der Waals surface area contributed by atoms with Crippen LogP contribution in [0, 0.1) is 0 Å². The maximum atomic E-state index is 13.1. The van der Waals surface area contributed by atoms with Gasteiger partial charge in [-0.3, -0.25) is 9.59 Å². The summed E-state index contributed by atoms with van der Waals surface area (Å²) in [5.41, 5.74) is 1.50. The minimum absolute atomic E-state index is 0.165. The zero-order chi connectivity index (χ0) is 23.0. The normalized spacial score (nSPS) is 11.8. The van der Waals surface area contributed by atoms with Crippen LogP contribution in [0.1, 0.15) is 31.4 Å². The molecule has 31 heavy (non-hydrogen) atoms. The van der Waals surface area contributed by atoms with E-state index in [1.165, 1.54) is 16.7 Å². The molecule has 1 atom stereocenters. The van der Waals surface area contributed by atoms with Gasteiger partial charge in [-0.1, -0.05) is 65.5 Å². The highest BCUT2D eigenvalue weighted by Crippen LogP contribution is 2.29. The van der Waals surface area contributed by atoms with E-state index in [1.807, 2.05) is 6.92 Å². The third-order valence-corrected chi connectivity index (χ3v) is 6.84. The molecule has 0 saturated carbocycles. The molecule has 1 N–H and O–H groups in total. The van der Waals surface area contributed by atoms with Gasteiger partial charge >= 0.3 is 0 Å². The van der Waals surface area contributed by atoms with Gasteiger partial charge in [0.05, 0.1) is 5.75 Å². The summed E-state index contributed by atoms with van der Waals surface area (Å²) < 4.78 is 0. The molecule has 0 unspecified atom stereocenters. The molecule has 4 nitrogen and oxygen atoms in total. The topological polar surface area (TPSA) is 49.4 Å². The largest absolute Gasteiger partial charge is 0.354 e. The standard InChI is InChI=1S/C22H24Cl4N2O2S/c1-3-9-27-22(30)14(2)28(11-15-7-8-16(23)10-20(15)26)21(29)13-31-12-17-18(24)5-4-6-19(17)25/h4-8,10,14H,3,9,11-13H2,1-2H3,(H,27,30)/t14-/m1/s1. The Bertz CT molecular complexity index is 906. The van der Waals surface area contributed by atoms with Crippen molar-refractivity contribution in [2.24, 2.45) is 0 Å². The minimum Gasteiger partial charge on any atom is -0.354 e. The fourth-order valence-corrected chi connectivity index (χ4v) is 4.92. The first-order valence-electron chi connectivity index (χ1n) is 9.76. The lowest BCUT2D eigenvalue weighted by atomic mass is 10.1. The van der Waals surface area contributed by atoms with Gasteiger partial charge in [-0.15, -0.1) is 11.8 Å². The number of thioether (sulfide) groups is 1. The number of halogens is 4. The maximum Gasteiger partial charge on any atom is 0.242 e. The van der Waals surface area contributed by atoms with Gasteiger partial charge in [0.15, 0.2) is 0 Å². The predicted molar refractivity (Wildman–Crippen MR) is 132 cm³/mol. The van der Waals surface area contributed by atoms with E-state index in [1.54, 1.807) is 43.3 Å². The molecule has 0 aliphatic rings. The first kappa shape index (κ1) is 26.1. The molecule has 2 amide bonds. The number of rotatable bonds is 10. The molecule has 0 fully saturated rings. The maximum absolute atomic E-state index is 13.1. The van der Waals surface area contributed by atoms with Crippen molar-refractivity contribution >= 4 is 70.0 Å². The molecule has 0 bridgehead atoms. The number of nitrogens with one attached hydrogen (secondary N) is 1. The van der Waals surface area contributed by atoms with Gasteiger partial charge in [0, 0.05) is 38.9 Å². The van der Waals surface area contributed by atoms with E-state index in [-0.39, 0.29) is 24.1 Å². The second-order valence-electron chi connectivity index (χ2n) is 6.92. The number of carbonyl (C=O) groups excluding carboxylic acids is 2. The third-order valence-electron chi connectivity index (χ3n) is 4.61. The second-order valence-corrected chi connectivity index (χ2v) is 9.56. The number of amides is 2. The van der Waals surface area contributed by atoms with Gasteiger partial charge in [-0.25, -0.2) is 0 Å². The van der Waals surface area contributed by atoms with Crippen molar-refractivity contribution in [3.8, 4) is 0 Å². The highest BCUT2D eigenvalue weighted by Gasteiger charge is 2.26. The van der Waals surface area contributed by atoms with Gasteiger partial charge in [-0.2, -0.15) is 0 Å². The van der Waals surface area contributed by atoms with Crippen LogP contribution in [0.25, 0.3) is 0 Å². The minimum atomic E-state index is -0.657. The first-order chi connectivity index (χ1) is 14.7.